The molecule has 0 N–H and O–H groups in total. The smallest absolute Gasteiger partial charge is 0.302 e. The van der Waals surface area contributed by atoms with Gasteiger partial charge in [0.25, 0.3) is 0 Å². The zero-order valence-electron chi connectivity index (χ0n) is 22.0. The number of hydrogen-bond donors (Lipinski definition) is 0. The first-order valence-electron chi connectivity index (χ1n) is 13.5. The number of rotatable bonds is 3. The highest BCUT2D eigenvalue weighted by Gasteiger charge is 2.69. The monoisotopic (exact) mass is 476 g/mol. The van der Waals surface area contributed by atoms with E-state index >= 15 is 0 Å². The minimum Gasteiger partial charge on any atom is -0.463 e. The van der Waals surface area contributed by atoms with Gasteiger partial charge in [-0.1, -0.05) is 25.5 Å². The van der Waals surface area contributed by atoms with E-state index in [1.165, 1.54) is 19.8 Å². The van der Waals surface area contributed by atoms with E-state index in [9.17, 15) is 4.79 Å². The summed E-state index contributed by atoms with van der Waals surface area (Å²) < 4.78 is 18.6. The summed E-state index contributed by atoms with van der Waals surface area (Å²) in [7, 11) is 0. The lowest BCUT2D eigenvalue weighted by atomic mass is 9.48. The normalized spacial score (nSPS) is 43.5. The number of hydrogen-bond acceptors (Lipinski definition) is 6. The summed E-state index contributed by atoms with van der Waals surface area (Å²) >= 11 is 0. The molecule has 6 heteroatoms. The first-order valence-corrected chi connectivity index (χ1v) is 13.5. The molecule has 1 aliphatic heterocycles. The fourth-order valence-electron chi connectivity index (χ4n) is 8.14. The van der Waals surface area contributed by atoms with E-state index in [0.717, 1.165) is 51.7 Å². The van der Waals surface area contributed by atoms with Crippen molar-refractivity contribution in [1.82, 2.24) is 0 Å². The minimum atomic E-state index is -0.603. The molecule has 5 rings (SSSR count). The molecule has 0 radical (unpaired) electrons. The molecule has 34 heavy (non-hydrogen) atoms. The Bertz CT molecular complexity index is 823. The molecule has 6 nitrogen and oxygen atoms in total. The molecule has 0 aromatic carbocycles. The maximum atomic E-state index is 11.6. The van der Waals surface area contributed by atoms with E-state index in [2.05, 4.69) is 19.9 Å². The van der Waals surface area contributed by atoms with Crippen molar-refractivity contribution in [2.24, 2.45) is 28.6 Å². The van der Waals surface area contributed by atoms with Crippen LogP contribution >= 0.6 is 0 Å². The number of allylic oxidation sites excluding steroid dienone is 1. The van der Waals surface area contributed by atoms with E-state index in [0.29, 0.717) is 17.8 Å². The third kappa shape index (κ3) is 3.88. The lowest BCUT2D eigenvalue weighted by Gasteiger charge is -2.59. The van der Waals surface area contributed by atoms with E-state index in [-0.39, 0.29) is 29.0 Å². The molecule has 4 aliphatic carbocycles. The Kier molecular flexibility index (Phi) is 6.23. The Labute approximate surface area is 205 Å². The first-order chi connectivity index (χ1) is 16.0. The van der Waals surface area contributed by atoms with E-state index in [4.69, 9.17) is 24.0 Å². The van der Waals surface area contributed by atoms with Crippen molar-refractivity contribution in [1.29, 1.82) is 0 Å². The lowest BCUT2D eigenvalue weighted by Crippen LogP contribution is -2.61. The highest BCUT2D eigenvalue weighted by atomic mass is 17.2. The van der Waals surface area contributed by atoms with E-state index in [1.807, 2.05) is 20.8 Å². The molecular formula is C28H44O6. The van der Waals surface area contributed by atoms with Gasteiger partial charge in [0.05, 0.1) is 24.2 Å². The molecule has 0 aromatic rings. The molecule has 0 bridgehead atoms. The van der Waals surface area contributed by atoms with Crippen molar-refractivity contribution in [3.63, 3.8) is 0 Å². The quantitative estimate of drug-likeness (QED) is 0.224. The van der Waals surface area contributed by atoms with Gasteiger partial charge in [-0.3, -0.25) is 4.79 Å². The van der Waals surface area contributed by atoms with Crippen LogP contribution in [0.1, 0.15) is 92.9 Å². The van der Waals surface area contributed by atoms with Crippen LogP contribution < -0.4 is 0 Å². The van der Waals surface area contributed by atoms with Gasteiger partial charge in [-0.15, -0.1) is 0 Å². The highest BCUT2D eigenvalue weighted by molar-refractivity contribution is 5.66. The minimum absolute atomic E-state index is 0.0524. The van der Waals surface area contributed by atoms with Crippen molar-refractivity contribution >= 4 is 5.97 Å². The number of esters is 1. The van der Waals surface area contributed by atoms with Crippen LogP contribution in [0.15, 0.2) is 11.6 Å². The third-order valence-corrected chi connectivity index (χ3v) is 9.80. The maximum absolute atomic E-state index is 11.6. The van der Waals surface area contributed by atoms with Crippen LogP contribution in [0.3, 0.4) is 0 Å². The van der Waals surface area contributed by atoms with Crippen molar-refractivity contribution in [3.05, 3.63) is 11.6 Å². The summed E-state index contributed by atoms with van der Waals surface area (Å²) in [6.45, 7) is 13.9. The Hall–Kier alpha value is -0.950. The van der Waals surface area contributed by atoms with Crippen molar-refractivity contribution in [2.75, 3.05) is 13.2 Å². The van der Waals surface area contributed by atoms with Gasteiger partial charge < -0.3 is 14.2 Å². The topological polar surface area (TPSA) is 63.2 Å². The van der Waals surface area contributed by atoms with Gasteiger partial charge in [-0.2, -0.15) is 0 Å². The first kappa shape index (κ1) is 24.7. The van der Waals surface area contributed by atoms with Gasteiger partial charge in [0.2, 0.25) is 0 Å². The number of carbonyl (C=O) groups excluding carboxylic acids is 1. The predicted octanol–water partition coefficient (Wildman–Crippen LogP) is 5.74. The predicted molar refractivity (Wildman–Crippen MR) is 128 cm³/mol. The van der Waals surface area contributed by atoms with Gasteiger partial charge >= 0.3 is 5.97 Å². The van der Waals surface area contributed by atoms with Crippen LogP contribution in [0.4, 0.5) is 0 Å². The van der Waals surface area contributed by atoms with Crippen LogP contribution in [-0.4, -0.2) is 42.8 Å². The van der Waals surface area contributed by atoms with E-state index < -0.39 is 11.4 Å². The fourth-order valence-corrected chi connectivity index (χ4v) is 8.14. The van der Waals surface area contributed by atoms with Crippen LogP contribution in [0.2, 0.25) is 0 Å². The molecule has 3 saturated carbocycles. The van der Waals surface area contributed by atoms with Crippen molar-refractivity contribution < 1.29 is 28.8 Å². The van der Waals surface area contributed by atoms with Crippen molar-refractivity contribution in [3.8, 4) is 0 Å². The summed E-state index contributed by atoms with van der Waals surface area (Å²) in [6.07, 6.45) is 10.5. The fraction of sp³-hybridized carbons (Fsp3) is 0.893. The second kappa shape index (κ2) is 8.57. The molecule has 0 aromatic heterocycles. The molecule has 1 spiro atoms. The average molecular weight is 477 g/mol. The summed E-state index contributed by atoms with van der Waals surface area (Å²) in [5.74, 6) is 0.711. The average Bonchev–Trinajstić information content (AvgIpc) is 3.04. The lowest BCUT2D eigenvalue weighted by molar-refractivity contribution is -0.413. The summed E-state index contributed by atoms with van der Waals surface area (Å²) in [5, 5.41) is 0. The van der Waals surface area contributed by atoms with Crippen LogP contribution in [0.5, 0.6) is 0 Å². The summed E-state index contributed by atoms with van der Waals surface area (Å²) in [6, 6.07) is 0. The molecule has 1 unspecified atom stereocenters. The number of carbonyl (C=O) groups is 1. The zero-order valence-corrected chi connectivity index (χ0v) is 22.0. The maximum Gasteiger partial charge on any atom is 0.302 e. The van der Waals surface area contributed by atoms with Crippen LogP contribution in [-0.2, 0) is 28.8 Å². The number of ether oxygens (including phenoxy) is 3. The molecule has 0 amide bonds. The zero-order chi connectivity index (χ0) is 24.4. The van der Waals surface area contributed by atoms with Gasteiger partial charge in [0.15, 0.2) is 5.79 Å². The van der Waals surface area contributed by atoms with Gasteiger partial charge in [0, 0.05) is 13.3 Å². The Morgan fingerprint density at radius 3 is 2.47 bits per heavy atom. The molecule has 192 valence electrons. The molecule has 1 heterocycles. The standard InChI is InChI=1S/C28H44O6/c1-18(29)32-20-10-12-26(5)19(16-20)8-9-21-22-11-13-28(30-14-7-15-31-28)27(22,6)24(17-23(21)26)33-34-25(2,3)4/h17,19-22,24H,7-16H2,1-6H3/t19-,20-,21+,22+,24?,26+,27-/m1/s1. The second-order valence-corrected chi connectivity index (χ2v) is 12.9. The molecule has 7 atom stereocenters. The van der Waals surface area contributed by atoms with Gasteiger partial charge in [-0.05, 0) is 88.9 Å². The Morgan fingerprint density at radius 1 is 1.06 bits per heavy atom. The Balaban J connectivity index is 1.51. The largest absolute Gasteiger partial charge is 0.463 e. The Morgan fingerprint density at radius 2 is 1.79 bits per heavy atom. The SMILES string of the molecule is CC(=O)O[C@@H]1CC[C@]2(C)C3=CC(OOC(C)(C)C)[C@@]4(C)[C@@H](CCC45OCCCO5)[C@@H]3CC[C@@H]2C1. The second-order valence-electron chi connectivity index (χ2n) is 12.9. The molecule has 1 saturated heterocycles. The van der Waals surface area contributed by atoms with Crippen LogP contribution in [0, 0.1) is 28.6 Å². The third-order valence-electron chi connectivity index (χ3n) is 9.80. The molecular weight excluding hydrogens is 432 g/mol. The highest BCUT2D eigenvalue weighted by Crippen LogP contribution is 2.68. The summed E-state index contributed by atoms with van der Waals surface area (Å²) in [5.41, 5.74) is 0.949. The molecule has 5 aliphatic rings. The number of fused-ring (bicyclic) bond motifs is 6. The molecule has 4 fully saturated rings. The van der Waals surface area contributed by atoms with E-state index in [1.54, 1.807) is 5.57 Å². The van der Waals surface area contributed by atoms with Gasteiger partial charge in [0.1, 0.15) is 12.2 Å². The van der Waals surface area contributed by atoms with Crippen LogP contribution in [0.25, 0.3) is 0 Å². The van der Waals surface area contributed by atoms with Gasteiger partial charge in [-0.25, -0.2) is 9.78 Å². The summed E-state index contributed by atoms with van der Waals surface area (Å²) in [4.78, 5) is 23.9. The van der Waals surface area contributed by atoms with Crippen molar-refractivity contribution in [2.45, 2.75) is 117 Å².